The Balaban J connectivity index is 0.0000000987. The molecule has 0 aliphatic heterocycles. The number of hydrogen-bond acceptors (Lipinski definition) is 4. The van der Waals surface area contributed by atoms with Crippen LogP contribution in [0.3, 0.4) is 0 Å². The van der Waals surface area contributed by atoms with Gasteiger partial charge in [0.25, 0.3) is 0 Å². The molecule has 0 saturated carbocycles. The van der Waals surface area contributed by atoms with E-state index in [0.29, 0.717) is 5.71 Å². The SMILES string of the molecule is Cc1c(-c2ccc3ccccc3[n+]2C)ccc2ccccc12.Cc1cc2ccccc2cc1-c1ccc2ccccc2[n+]1C.Cc1ccc2c(oc3ccccc32)c1-c1ccc2ccccc2[n+]1C.Cc1ccc2c(oc3ncccc32)c1-c1ccc2ccccc2[n+]1C.Cc1ccc2c(sc3ccccc32)c1-c1ccc2ccccc2[n+]1C. The highest BCUT2D eigenvalue weighted by Crippen LogP contribution is 2.43. The molecule has 9 heteroatoms. The monoisotopic (exact) mass is 1560 g/mol. The van der Waals surface area contributed by atoms with Crippen LogP contribution >= 0.6 is 11.3 Å². The van der Waals surface area contributed by atoms with E-state index in [1.807, 2.05) is 29.5 Å². The van der Waals surface area contributed by atoms with Gasteiger partial charge in [-0.2, -0.15) is 22.8 Å². The molecule has 23 aromatic rings. The van der Waals surface area contributed by atoms with Crippen molar-refractivity contribution in [2.45, 2.75) is 34.6 Å². The van der Waals surface area contributed by atoms with Crippen LogP contribution in [0.2, 0.25) is 0 Å². The van der Waals surface area contributed by atoms with Crippen molar-refractivity contribution in [3.8, 4) is 56.3 Å². The number of nitrogens with zero attached hydrogens (tertiary/aromatic N) is 6. The van der Waals surface area contributed by atoms with Gasteiger partial charge in [-0.3, -0.25) is 0 Å². The molecule has 0 fully saturated rings. The molecule has 0 N–H and O–H groups in total. The number of benzene rings is 14. The summed E-state index contributed by atoms with van der Waals surface area (Å²) in [4.78, 5) is 4.38. The predicted octanol–water partition coefficient (Wildman–Crippen LogP) is 26.1. The molecule has 0 aliphatic rings. The van der Waals surface area contributed by atoms with E-state index in [0.717, 1.165) is 38.8 Å². The Morgan fingerprint density at radius 3 is 1.15 bits per heavy atom. The van der Waals surface area contributed by atoms with Crippen LogP contribution in [-0.4, -0.2) is 4.98 Å². The minimum atomic E-state index is 0.688. The number of thiophene rings is 1. The third-order valence-corrected chi connectivity index (χ3v) is 25.4. The summed E-state index contributed by atoms with van der Waals surface area (Å²) in [6, 6.07) is 125. The third-order valence-electron chi connectivity index (χ3n) is 24.1. The lowest BCUT2D eigenvalue weighted by atomic mass is 9.97. The van der Waals surface area contributed by atoms with Crippen molar-refractivity contribution >= 4 is 152 Å². The molecular formula is C110H89N6O2S+5. The quantitative estimate of drug-likeness (QED) is 0.161. The van der Waals surface area contributed by atoms with E-state index in [-0.39, 0.29) is 0 Å². The number of aryl methyl sites for hydroxylation is 10. The molecule has 14 aromatic carbocycles. The summed E-state index contributed by atoms with van der Waals surface area (Å²) in [6.07, 6.45) is 1.77. The summed E-state index contributed by atoms with van der Waals surface area (Å²) >= 11 is 1.90. The van der Waals surface area contributed by atoms with E-state index in [1.54, 1.807) is 6.20 Å². The van der Waals surface area contributed by atoms with Gasteiger partial charge in [-0.1, -0.05) is 194 Å². The van der Waals surface area contributed by atoms with E-state index in [2.05, 4.69) is 431 Å². The first-order chi connectivity index (χ1) is 58.2. The molecule has 572 valence electrons. The zero-order valence-corrected chi connectivity index (χ0v) is 69.3. The number of hydrogen-bond donors (Lipinski definition) is 0. The van der Waals surface area contributed by atoms with Gasteiger partial charge in [-0.15, -0.1) is 11.3 Å². The highest BCUT2D eigenvalue weighted by molar-refractivity contribution is 7.26. The summed E-state index contributed by atoms with van der Waals surface area (Å²) < 4.78 is 26.5. The molecule has 0 radical (unpaired) electrons. The fraction of sp³-hybridized carbons (Fsp3) is 0.0909. The highest BCUT2D eigenvalue weighted by atomic mass is 32.1. The second kappa shape index (κ2) is 31.3. The Morgan fingerprint density at radius 2 is 0.622 bits per heavy atom. The highest BCUT2D eigenvalue weighted by Gasteiger charge is 2.27. The standard InChI is InChI=1S/C23H18NO.C23H18NS.C22H17N2O.2C21H18N/c2*1-15-11-13-18-17-8-4-6-10-21(17)25-23(18)22(15)20-14-12-16-7-3-5-9-19(16)24(20)2;1-14-9-11-16-17-7-5-13-23-22(17)25-21(16)20(14)19-12-10-15-6-3-4-8-18(15)24(19)2;1-15-18-9-5-3-7-16(18)11-13-19(15)21-14-12-17-8-4-6-10-20(17)22(21)2;1-15-13-17-8-3-4-9-18(17)14-19(15)21-12-11-16-7-5-6-10-20(16)22(21)2/h2*3-14H,1-2H3;3-13H,1-2H3;2*3-14H,1-2H3/q5*+1. The van der Waals surface area contributed by atoms with E-state index < -0.39 is 0 Å². The molecule has 0 amide bonds. The van der Waals surface area contributed by atoms with Crippen LogP contribution in [0.25, 0.3) is 197 Å². The Morgan fingerprint density at radius 1 is 0.252 bits per heavy atom. The average Bonchev–Trinajstić information content (AvgIpc) is 1.65. The van der Waals surface area contributed by atoms with Crippen LogP contribution < -0.4 is 22.8 Å². The lowest BCUT2D eigenvalue weighted by Crippen LogP contribution is -2.32. The summed E-state index contributed by atoms with van der Waals surface area (Å²) in [6.45, 7) is 10.9. The molecule has 8 nitrogen and oxygen atoms in total. The molecule has 9 aromatic heterocycles. The average molecular weight is 1560 g/mol. The van der Waals surface area contributed by atoms with Crippen LogP contribution in [-0.2, 0) is 35.2 Å². The zero-order chi connectivity index (χ0) is 81.1. The van der Waals surface area contributed by atoms with Crippen LogP contribution in [0, 0.1) is 34.6 Å². The summed E-state index contributed by atoms with van der Waals surface area (Å²) in [5.41, 5.74) is 28.4. The molecule has 0 unspecified atom stereocenters. The van der Waals surface area contributed by atoms with Gasteiger partial charge in [-0.25, -0.2) is 4.98 Å². The van der Waals surface area contributed by atoms with Gasteiger partial charge in [0.1, 0.15) is 46.4 Å². The van der Waals surface area contributed by atoms with Gasteiger partial charge in [-0.05, 0) is 181 Å². The van der Waals surface area contributed by atoms with Crippen molar-refractivity contribution < 1.29 is 31.7 Å². The first-order valence-corrected chi connectivity index (χ1v) is 41.5. The summed E-state index contributed by atoms with van der Waals surface area (Å²) in [5, 5.41) is 18.7. The topological polar surface area (TPSA) is 58.6 Å². The van der Waals surface area contributed by atoms with Crippen molar-refractivity contribution in [1.82, 2.24) is 4.98 Å². The summed E-state index contributed by atoms with van der Waals surface area (Å²) in [7, 11) is 10.7. The molecular weight excluding hydrogens is 1470 g/mol. The van der Waals surface area contributed by atoms with Gasteiger partial charge in [0.15, 0.2) is 5.58 Å². The largest absolute Gasteiger partial charge is 0.455 e. The maximum Gasteiger partial charge on any atom is 0.227 e. The number of para-hydroxylation sites is 6. The van der Waals surface area contributed by atoms with Crippen molar-refractivity contribution in [1.29, 1.82) is 0 Å². The fourth-order valence-electron chi connectivity index (χ4n) is 17.9. The smallest absolute Gasteiger partial charge is 0.227 e. The van der Waals surface area contributed by atoms with Gasteiger partial charge in [0.05, 0.1) is 16.7 Å². The number of rotatable bonds is 5. The molecule has 0 bridgehead atoms. The van der Waals surface area contributed by atoms with Crippen LogP contribution in [0.1, 0.15) is 27.8 Å². The lowest BCUT2D eigenvalue weighted by molar-refractivity contribution is -0.633. The van der Waals surface area contributed by atoms with E-state index in [9.17, 15) is 0 Å². The Hall–Kier alpha value is -14.4. The minimum Gasteiger partial charge on any atom is -0.455 e. The molecule has 119 heavy (non-hydrogen) atoms. The van der Waals surface area contributed by atoms with Crippen molar-refractivity contribution in [3.63, 3.8) is 0 Å². The van der Waals surface area contributed by atoms with Gasteiger partial charge in [0, 0.05) is 147 Å². The third kappa shape index (κ3) is 13.6. The van der Waals surface area contributed by atoms with Gasteiger partial charge >= 0.3 is 0 Å². The first kappa shape index (κ1) is 74.7. The number of aromatic nitrogens is 6. The Kier molecular flexibility index (Phi) is 19.7. The van der Waals surface area contributed by atoms with Crippen LogP contribution in [0.15, 0.2) is 367 Å². The summed E-state index contributed by atoms with van der Waals surface area (Å²) in [5.74, 6) is 0. The maximum absolute atomic E-state index is 6.27. The number of furan rings is 2. The second-order valence-electron chi connectivity index (χ2n) is 31.2. The minimum absolute atomic E-state index is 0.688. The molecule has 23 rings (SSSR count). The normalized spacial score (nSPS) is 11.4. The first-order valence-electron chi connectivity index (χ1n) is 40.7. The fourth-order valence-corrected chi connectivity index (χ4v) is 19.2. The Labute approximate surface area is 695 Å². The molecule has 0 atom stereocenters. The Bertz CT molecular complexity index is 7280. The van der Waals surface area contributed by atoms with E-state index in [4.69, 9.17) is 8.83 Å². The van der Waals surface area contributed by atoms with E-state index >= 15 is 0 Å². The molecule has 0 spiro atoms. The zero-order valence-electron chi connectivity index (χ0n) is 68.5. The molecule has 0 saturated heterocycles. The van der Waals surface area contributed by atoms with Crippen LogP contribution in [0.4, 0.5) is 0 Å². The van der Waals surface area contributed by atoms with E-state index in [1.165, 1.54) is 180 Å². The van der Waals surface area contributed by atoms with Crippen molar-refractivity contribution in [2.75, 3.05) is 0 Å². The lowest BCUT2D eigenvalue weighted by Gasteiger charge is -2.09. The van der Waals surface area contributed by atoms with Crippen molar-refractivity contribution in [3.05, 3.63) is 386 Å². The van der Waals surface area contributed by atoms with Crippen LogP contribution in [0.5, 0.6) is 0 Å². The molecule has 9 heterocycles. The second-order valence-corrected chi connectivity index (χ2v) is 32.3. The van der Waals surface area contributed by atoms with Gasteiger partial charge < -0.3 is 8.83 Å². The molecule has 0 aliphatic carbocycles. The number of pyridine rings is 6. The predicted molar refractivity (Wildman–Crippen MR) is 497 cm³/mol. The van der Waals surface area contributed by atoms with Crippen molar-refractivity contribution in [2.24, 2.45) is 35.2 Å². The van der Waals surface area contributed by atoms with Gasteiger partial charge in [0.2, 0.25) is 61.8 Å². The maximum atomic E-state index is 6.27. The number of fused-ring (bicyclic) bond motifs is 16.